The van der Waals surface area contributed by atoms with E-state index in [9.17, 15) is 9.59 Å². The summed E-state index contributed by atoms with van der Waals surface area (Å²) in [7, 11) is 0. The molecule has 4 nitrogen and oxygen atoms in total. The van der Waals surface area contributed by atoms with Crippen molar-refractivity contribution in [2.75, 3.05) is 11.4 Å². The highest BCUT2D eigenvalue weighted by Gasteiger charge is 2.45. The van der Waals surface area contributed by atoms with Gasteiger partial charge in [-0.1, -0.05) is 74.0 Å². The molecule has 2 aromatic carbocycles. The lowest BCUT2D eigenvalue weighted by Crippen LogP contribution is -2.42. The van der Waals surface area contributed by atoms with Gasteiger partial charge in [0.25, 0.3) is 11.8 Å². The lowest BCUT2D eigenvalue weighted by Gasteiger charge is -2.29. The van der Waals surface area contributed by atoms with E-state index < -0.39 is 0 Å². The van der Waals surface area contributed by atoms with Gasteiger partial charge < -0.3 is 4.90 Å². The number of carbonyl (C=O) groups is 2. The van der Waals surface area contributed by atoms with E-state index in [2.05, 4.69) is 11.0 Å². The van der Waals surface area contributed by atoms with E-state index in [4.69, 9.17) is 11.6 Å². The van der Waals surface area contributed by atoms with Crippen molar-refractivity contribution in [1.29, 1.82) is 0 Å². The molecule has 5 rings (SSSR count). The third kappa shape index (κ3) is 3.67. The minimum atomic E-state index is -0.155. The van der Waals surface area contributed by atoms with Gasteiger partial charge in [0.15, 0.2) is 0 Å². The molecule has 0 atom stereocenters. The number of rotatable bonds is 3. The predicted molar refractivity (Wildman–Crippen MR) is 124 cm³/mol. The Morgan fingerprint density at radius 1 is 0.806 bits per heavy atom. The third-order valence-electron chi connectivity index (χ3n) is 6.82. The first-order chi connectivity index (χ1) is 15.1. The summed E-state index contributed by atoms with van der Waals surface area (Å²) in [5.41, 5.74) is 4.05. The fraction of sp³-hybridized carbons (Fsp3) is 0.385. The summed E-state index contributed by atoms with van der Waals surface area (Å²) < 4.78 is 0. The second-order valence-corrected chi connectivity index (χ2v) is 9.18. The summed E-state index contributed by atoms with van der Waals surface area (Å²) in [6.07, 6.45) is 8.41. The molecular formula is C26H27ClN2O2. The first-order valence-corrected chi connectivity index (χ1v) is 11.8. The van der Waals surface area contributed by atoms with Crippen LogP contribution in [0, 0.1) is 0 Å². The number of nitrogens with zero attached hydrogens (tertiary/aromatic N) is 2. The highest BCUT2D eigenvalue weighted by Crippen LogP contribution is 2.40. The topological polar surface area (TPSA) is 40.6 Å². The van der Waals surface area contributed by atoms with Crippen LogP contribution >= 0.6 is 11.6 Å². The minimum Gasteiger partial charge on any atom is -0.336 e. The van der Waals surface area contributed by atoms with Crippen LogP contribution < -0.4 is 4.90 Å². The van der Waals surface area contributed by atoms with Gasteiger partial charge in [-0.15, -0.1) is 0 Å². The van der Waals surface area contributed by atoms with Crippen LogP contribution in [-0.2, 0) is 16.0 Å². The second kappa shape index (κ2) is 8.51. The van der Waals surface area contributed by atoms with E-state index in [1.165, 1.54) is 24.8 Å². The normalized spacial score (nSPS) is 20.3. The Morgan fingerprint density at radius 2 is 1.48 bits per heavy atom. The SMILES string of the molecule is O=C1C(c2ccc(Cl)cc2)=C(N2CCc3ccccc32)C(=O)N1C1CCCCCCC1. The molecule has 0 saturated heterocycles. The number of fused-ring (bicyclic) bond motifs is 1. The zero-order chi connectivity index (χ0) is 21.4. The summed E-state index contributed by atoms with van der Waals surface area (Å²) in [6, 6.07) is 15.4. The van der Waals surface area contributed by atoms with Crippen LogP contribution in [0.15, 0.2) is 54.2 Å². The Hall–Kier alpha value is -2.59. The van der Waals surface area contributed by atoms with Gasteiger partial charge in [0.05, 0.1) is 5.57 Å². The number of anilines is 1. The maximum atomic E-state index is 13.8. The monoisotopic (exact) mass is 434 g/mol. The Bertz CT molecular complexity index is 1040. The van der Waals surface area contributed by atoms with Crippen LogP contribution in [0.1, 0.15) is 56.1 Å². The first kappa shape index (κ1) is 20.3. The van der Waals surface area contributed by atoms with Gasteiger partial charge >= 0.3 is 0 Å². The van der Waals surface area contributed by atoms with E-state index in [0.717, 1.165) is 43.4 Å². The van der Waals surface area contributed by atoms with E-state index >= 15 is 0 Å². The van der Waals surface area contributed by atoms with Crippen molar-refractivity contribution in [1.82, 2.24) is 4.90 Å². The van der Waals surface area contributed by atoms with Crippen LogP contribution in [-0.4, -0.2) is 29.3 Å². The molecule has 160 valence electrons. The lowest BCUT2D eigenvalue weighted by molar-refractivity contribution is -0.140. The van der Waals surface area contributed by atoms with Crippen LogP contribution in [0.25, 0.3) is 5.57 Å². The van der Waals surface area contributed by atoms with Gasteiger partial charge in [-0.3, -0.25) is 14.5 Å². The number of hydrogen-bond donors (Lipinski definition) is 0. The molecule has 2 aromatic rings. The third-order valence-corrected chi connectivity index (χ3v) is 7.07. The highest BCUT2D eigenvalue weighted by molar-refractivity contribution is 6.37. The molecular weight excluding hydrogens is 408 g/mol. The number of hydrogen-bond acceptors (Lipinski definition) is 3. The maximum Gasteiger partial charge on any atom is 0.278 e. The Labute approximate surface area is 188 Å². The zero-order valence-electron chi connectivity index (χ0n) is 17.6. The summed E-state index contributed by atoms with van der Waals surface area (Å²) >= 11 is 6.11. The van der Waals surface area contributed by atoms with Gasteiger partial charge in [-0.2, -0.15) is 0 Å². The van der Waals surface area contributed by atoms with Crippen LogP contribution in [0.5, 0.6) is 0 Å². The van der Waals surface area contributed by atoms with Crippen molar-refractivity contribution in [3.63, 3.8) is 0 Å². The van der Waals surface area contributed by atoms with E-state index in [1.54, 1.807) is 17.0 Å². The standard InChI is InChI=1S/C26H27ClN2O2/c27-20-14-12-19(13-15-20)23-24(28-17-16-18-8-6-7-11-22(18)28)26(31)29(25(23)30)21-9-4-2-1-3-5-10-21/h6-8,11-15,21H,1-5,9-10,16-17H2. The number of amides is 2. The van der Waals surface area contributed by atoms with Crippen molar-refractivity contribution in [3.8, 4) is 0 Å². The van der Waals surface area contributed by atoms with Gasteiger partial charge in [-0.25, -0.2) is 0 Å². The molecule has 5 heteroatoms. The minimum absolute atomic E-state index is 0.0158. The van der Waals surface area contributed by atoms with E-state index in [-0.39, 0.29) is 17.9 Å². The fourth-order valence-corrected chi connectivity index (χ4v) is 5.38. The number of imide groups is 1. The van der Waals surface area contributed by atoms with Crippen molar-refractivity contribution in [2.45, 2.75) is 57.4 Å². The van der Waals surface area contributed by atoms with Gasteiger partial charge in [0.2, 0.25) is 0 Å². The summed E-state index contributed by atoms with van der Waals surface area (Å²) in [6.45, 7) is 0.712. The zero-order valence-corrected chi connectivity index (χ0v) is 18.4. The molecule has 0 N–H and O–H groups in total. The van der Waals surface area contributed by atoms with Crippen molar-refractivity contribution >= 4 is 34.7 Å². The molecule has 1 aliphatic carbocycles. The predicted octanol–water partition coefficient (Wildman–Crippen LogP) is 5.60. The molecule has 0 radical (unpaired) electrons. The van der Waals surface area contributed by atoms with Crippen molar-refractivity contribution in [2.24, 2.45) is 0 Å². The van der Waals surface area contributed by atoms with Crippen LogP contribution in [0.2, 0.25) is 5.02 Å². The molecule has 0 aromatic heterocycles. The average molecular weight is 435 g/mol. The van der Waals surface area contributed by atoms with Crippen LogP contribution in [0.4, 0.5) is 5.69 Å². The fourth-order valence-electron chi connectivity index (χ4n) is 5.26. The Balaban J connectivity index is 1.59. The molecule has 3 aliphatic rings. The van der Waals surface area contributed by atoms with E-state index in [0.29, 0.717) is 22.8 Å². The molecule has 0 spiro atoms. The van der Waals surface area contributed by atoms with Crippen LogP contribution in [0.3, 0.4) is 0 Å². The quantitative estimate of drug-likeness (QED) is 0.591. The largest absolute Gasteiger partial charge is 0.336 e. The maximum absolute atomic E-state index is 13.8. The molecule has 2 aliphatic heterocycles. The summed E-state index contributed by atoms with van der Waals surface area (Å²) in [4.78, 5) is 31.2. The van der Waals surface area contributed by atoms with Gasteiger partial charge in [-0.05, 0) is 48.6 Å². The number of benzene rings is 2. The molecule has 2 amide bonds. The second-order valence-electron chi connectivity index (χ2n) is 8.74. The lowest BCUT2D eigenvalue weighted by atomic mass is 9.95. The van der Waals surface area contributed by atoms with E-state index in [1.807, 2.05) is 30.3 Å². The van der Waals surface area contributed by atoms with Gasteiger partial charge in [0.1, 0.15) is 5.70 Å². The van der Waals surface area contributed by atoms with Crippen molar-refractivity contribution in [3.05, 3.63) is 70.4 Å². The molecule has 31 heavy (non-hydrogen) atoms. The smallest absolute Gasteiger partial charge is 0.278 e. The summed E-state index contributed by atoms with van der Waals surface area (Å²) in [5.74, 6) is -0.297. The number of para-hydroxylation sites is 1. The number of halogens is 1. The van der Waals surface area contributed by atoms with Crippen molar-refractivity contribution < 1.29 is 9.59 Å². The Kier molecular flexibility index (Phi) is 5.58. The molecule has 0 unspecified atom stereocenters. The average Bonchev–Trinajstić information content (AvgIpc) is 3.28. The summed E-state index contributed by atoms with van der Waals surface area (Å²) in [5, 5.41) is 0.617. The highest BCUT2D eigenvalue weighted by atomic mass is 35.5. The van der Waals surface area contributed by atoms with Gasteiger partial charge in [0, 0.05) is 23.3 Å². The molecule has 2 heterocycles. The first-order valence-electron chi connectivity index (χ1n) is 11.4. The number of carbonyl (C=O) groups excluding carboxylic acids is 2. The molecule has 1 saturated carbocycles. The molecule has 0 bridgehead atoms. The molecule has 1 fully saturated rings. The Morgan fingerprint density at radius 3 is 2.23 bits per heavy atom.